The summed E-state index contributed by atoms with van der Waals surface area (Å²) in [4.78, 5) is 25.3. The van der Waals surface area contributed by atoms with Crippen LogP contribution in [0.25, 0.3) is 11.1 Å². The predicted molar refractivity (Wildman–Crippen MR) is 83.9 cm³/mol. The quantitative estimate of drug-likeness (QED) is 0.796. The van der Waals surface area contributed by atoms with Crippen LogP contribution in [0.15, 0.2) is 60.7 Å². The van der Waals surface area contributed by atoms with Crippen LogP contribution in [0.4, 0.5) is 0 Å². The van der Waals surface area contributed by atoms with Crippen molar-refractivity contribution >= 4 is 11.8 Å². The first-order valence-corrected chi connectivity index (χ1v) is 7.47. The van der Waals surface area contributed by atoms with E-state index >= 15 is 0 Å². The number of nitrogens with zero attached hydrogens (tertiary/aromatic N) is 1. The van der Waals surface area contributed by atoms with Crippen molar-refractivity contribution in [2.24, 2.45) is 0 Å². The molecule has 3 nitrogen and oxygen atoms in total. The van der Waals surface area contributed by atoms with Gasteiger partial charge >= 0.3 is 0 Å². The van der Waals surface area contributed by atoms with Crippen molar-refractivity contribution in [2.45, 2.75) is 18.9 Å². The van der Waals surface area contributed by atoms with Gasteiger partial charge in [0.2, 0.25) is 0 Å². The van der Waals surface area contributed by atoms with E-state index in [1.807, 2.05) is 18.2 Å². The van der Waals surface area contributed by atoms with Crippen LogP contribution in [0.1, 0.15) is 23.6 Å². The predicted octanol–water partition coefficient (Wildman–Crippen LogP) is 3.27. The molecule has 22 heavy (non-hydrogen) atoms. The Kier molecular flexibility index (Phi) is 2.93. The van der Waals surface area contributed by atoms with Crippen LogP contribution in [0.3, 0.4) is 0 Å². The third-order valence-electron chi connectivity index (χ3n) is 4.45. The standard InChI is InChI=1S/C19H15NO2/c21-18-10-11-19(22)20(18)17-9-8-14-6-7-15(12-16(14)17)13-4-2-1-3-5-13/h1-7,10-12,17H,8-9H2/t17-/m0/s1. The Labute approximate surface area is 128 Å². The lowest BCUT2D eigenvalue weighted by atomic mass is 9.99. The van der Waals surface area contributed by atoms with Crippen LogP contribution >= 0.6 is 0 Å². The Balaban J connectivity index is 1.75. The molecule has 4 rings (SSSR count). The molecule has 1 atom stereocenters. The van der Waals surface area contributed by atoms with Crippen LogP contribution in [0.2, 0.25) is 0 Å². The highest BCUT2D eigenvalue weighted by Crippen LogP contribution is 2.39. The second kappa shape index (κ2) is 4.95. The van der Waals surface area contributed by atoms with Gasteiger partial charge in [-0.2, -0.15) is 0 Å². The summed E-state index contributed by atoms with van der Waals surface area (Å²) in [6, 6.07) is 16.4. The van der Waals surface area contributed by atoms with Gasteiger partial charge in [0.1, 0.15) is 0 Å². The van der Waals surface area contributed by atoms with E-state index in [-0.39, 0.29) is 17.9 Å². The first kappa shape index (κ1) is 13.0. The van der Waals surface area contributed by atoms with Gasteiger partial charge in [-0.15, -0.1) is 0 Å². The van der Waals surface area contributed by atoms with E-state index in [0.717, 1.165) is 29.5 Å². The van der Waals surface area contributed by atoms with Crippen molar-refractivity contribution in [3.8, 4) is 11.1 Å². The lowest BCUT2D eigenvalue weighted by molar-refractivity contribution is -0.139. The van der Waals surface area contributed by atoms with Gasteiger partial charge in [0, 0.05) is 12.2 Å². The Morgan fingerprint density at radius 1 is 0.864 bits per heavy atom. The maximum absolute atomic E-state index is 12.0. The number of rotatable bonds is 2. The highest BCUT2D eigenvalue weighted by atomic mass is 16.2. The molecule has 2 amide bonds. The summed E-state index contributed by atoms with van der Waals surface area (Å²) in [5.74, 6) is -0.402. The molecule has 0 bridgehead atoms. The van der Waals surface area contributed by atoms with Crippen molar-refractivity contribution in [3.05, 3.63) is 71.8 Å². The molecule has 3 heteroatoms. The van der Waals surface area contributed by atoms with Crippen LogP contribution in [0.5, 0.6) is 0 Å². The van der Waals surface area contributed by atoms with Crippen molar-refractivity contribution < 1.29 is 9.59 Å². The molecular formula is C19H15NO2. The summed E-state index contributed by atoms with van der Waals surface area (Å²) in [7, 11) is 0. The molecule has 1 aliphatic carbocycles. The van der Waals surface area contributed by atoms with Gasteiger partial charge in [0.25, 0.3) is 11.8 Å². The minimum absolute atomic E-state index is 0.131. The molecule has 1 heterocycles. The number of hydrogen-bond donors (Lipinski definition) is 0. The monoisotopic (exact) mass is 289 g/mol. The van der Waals surface area contributed by atoms with Gasteiger partial charge < -0.3 is 0 Å². The fourth-order valence-corrected chi connectivity index (χ4v) is 3.38. The van der Waals surface area contributed by atoms with E-state index in [4.69, 9.17) is 0 Å². The fraction of sp³-hybridized carbons (Fsp3) is 0.158. The minimum atomic E-state index is -0.201. The van der Waals surface area contributed by atoms with Gasteiger partial charge in [-0.3, -0.25) is 14.5 Å². The molecule has 0 fully saturated rings. The largest absolute Gasteiger partial charge is 0.269 e. The molecule has 1 aliphatic heterocycles. The SMILES string of the molecule is O=C1C=CC(=O)N1[C@H]1CCc2ccc(-c3ccccc3)cc21. The van der Waals surface area contributed by atoms with E-state index in [9.17, 15) is 9.59 Å². The lowest BCUT2D eigenvalue weighted by Gasteiger charge is -2.23. The topological polar surface area (TPSA) is 37.4 Å². The number of fused-ring (bicyclic) bond motifs is 1. The molecule has 0 unspecified atom stereocenters. The lowest BCUT2D eigenvalue weighted by Crippen LogP contribution is -2.33. The molecule has 108 valence electrons. The van der Waals surface area contributed by atoms with Gasteiger partial charge in [-0.05, 0) is 41.2 Å². The van der Waals surface area contributed by atoms with Gasteiger partial charge in [-0.1, -0.05) is 42.5 Å². The molecule has 0 saturated heterocycles. The van der Waals surface area contributed by atoms with E-state index in [1.165, 1.54) is 22.6 Å². The van der Waals surface area contributed by atoms with E-state index in [1.54, 1.807) is 0 Å². The number of hydrogen-bond acceptors (Lipinski definition) is 2. The molecule has 2 aromatic carbocycles. The first-order chi connectivity index (χ1) is 10.7. The smallest absolute Gasteiger partial charge is 0.254 e. The first-order valence-electron chi connectivity index (χ1n) is 7.47. The number of aryl methyl sites for hydroxylation is 1. The number of carbonyl (C=O) groups excluding carboxylic acids is 2. The third-order valence-corrected chi connectivity index (χ3v) is 4.45. The highest BCUT2D eigenvalue weighted by molar-refractivity contribution is 6.13. The molecule has 0 N–H and O–H groups in total. The molecule has 0 spiro atoms. The zero-order valence-electron chi connectivity index (χ0n) is 12.0. The Bertz CT molecular complexity index is 774. The summed E-state index contributed by atoms with van der Waals surface area (Å²) < 4.78 is 0. The average Bonchev–Trinajstić information content (AvgIpc) is 3.11. The molecule has 0 radical (unpaired) electrons. The second-order valence-corrected chi connectivity index (χ2v) is 5.71. The average molecular weight is 289 g/mol. The number of amides is 2. The van der Waals surface area contributed by atoms with Crippen molar-refractivity contribution in [3.63, 3.8) is 0 Å². The van der Waals surface area contributed by atoms with Crippen LogP contribution < -0.4 is 0 Å². The molecule has 2 aromatic rings. The highest BCUT2D eigenvalue weighted by Gasteiger charge is 2.36. The molecular weight excluding hydrogens is 274 g/mol. The van der Waals surface area contributed by atoms with E-state index in [0.29, 0.717) is 0 Å². The van der Waals surface area contributed by atoms with Crippen molar-refractivity contribution in [1.29, 1.82) is 0 Å². The summed E-state index contributed by atoms with van der Waals surface area (Å²) >= 11 is 0. The van der Waals surface area contributed by atoms with Crippen LogP contribution in [-0.2, 0) is 16.0 Å². The minimum Gasteiger partial charge on any atom is -0.269 e. The fourth-order valence-electron chi connectivity index (χ4n) is 3.38. The second-order valence-electron chi connectivity index (χ2n) is 5.71. The normalized spacial score (nSPS) is 19.8. The van der Waals surface area contributed by atoms with Gasteiger partial charge in [-0.25, -0.2) is 0 Å². The Morgan fingerprint density at radius 3 is 2.32 bits per heavy atom. The molecule has 0 aromatic heterocycles. The number of imide groups is 1. The zero-order chi connectivity index (χ0) is 15.1. The number of carbonyl (C=O) groups is 2. The maximum Gasteiger partial charge on any atom is 0.254 e. The van der Waals surface area contributed by atoms with E-state index in [2.05, 4.69) is 30.3 Å². The Morgan fingerprint density at radius 2 is 1.59 bits per heavy atom. The third kappa shape index (κ3) is 1.98. The number of benzene rings is 2. The van der Waals surface area contributed by atoms with Crippen LogP contribution in [-0.4, -0.2) is 16.7 Å². The van der Waals surface area contributed by atoms with Crippen molar-refractivity contribution in [2.75, 3.05) is 0 Å². The van der Waals surface area contributed by atoms with Crippen LogP contribution in [0, 0.1) is 0 Å². The summed E-state index contributed by atoms with van der Waals surface area (Å²) in [6.45, 7) is 0. The van der Waals surface area contributed by atoms with Crippen molar-refractivity contribution in [1.82, 2.24) is 4.90 Å². The molecule has 0 saturated carbocycles. The molecule has 2 aliphatic rings. The van der Waals surface area contributed by atoms with Gasteiger partial charge in [0.05, 0.1) is 6.04 Å². The summed E-state index contributed by atoms with van der Waals surface area (Å²) in [6.07, 6.45) is 4.45. The Hall–Kier alpha value is -2.68. The van der Waals surface area contributed by atoms with E-state index < -0.39 is 0 Å². The van der Waals surface area contributed by atoms with Gasteiger partial charge in [0.15, 0.2) is 0 Å². The summed E-state index contributed by atoms with van der Waals surface area (Å²) in [5.41, 5.74) is 4.61. The maximum atomic E-state index is 12.0. The zero-order valence-corrected chi connectivity index (χ0v) is 12.0. The summed E-state index contributed by atoms with van der Waals surface area (Å²) in [5, 5.41) is 0.